The van der Waals surface area contributed by atoms with Crippen molar-refractivity contribution in [1.82, 2.24) is 10.2 Å². The van der Waals surface area contributed by atoms with Crippen molar-refractivity contribution in [2.24, 2.45) is 5.92 Å². The number of nitrogens with zero attached hydrogens (tertiary/aromatic N) is 2. The van der Waals surface area contributed by atoms with Gasteiger partial charge in [0.05, 0.1) is 5.92 Å². The highest BCUT2D eigenvalue weighted by molar-refractivity contribution is 5.75. The molecule has 1 aromatic rings. The number of carbonyl (C=O) groups is 2. The average molecular weight is 307 g/mol. The molecule has 1 atom stereocenters. The van der Waals surface area contributed by atoms with E-state index in [1.54, 1.807) is 14.0 Å². The molecule has 0 heterocycles. The minimum absolute atomic E-state index is 0.199. The topological polar surface area (TPSA) is 72.9 Å². The second kappa shape index (κ2) is 8.92. The van der Waals surface area contributed by atoms with Crippen molar-refractivity contribution in [3.63, 3.8) is 0 Å². The van der Waals surface area contributed by atoms with Gasteiger partial charge in [0.15, 0.2) is 0 Å². The fraction of sp³-hybridized carbons (Fsp3) is 0.500. The van der Waals surface area contributed by atoms with E-state index in [-0.39, 0.29) is 12.6 Å². The van der Waals surface area contributed by atoms with E-state index in [2.05, 4.69) is 10.2 Å². The summed E-state index contributed by atoms with van der Waals surface area (Å²) in [6.45, 7) is 3.17. The number of amides is 2. The number of aliphatic carboxylic acids is 1. The smallest absolute Gasteiger partial charge is 0.317 e. The monoisotopic (exact) mass is 307 g/mol. The van der Waals surface area contributed by atoms with Crippen molar-refractivity contribution in [3.8, 4) is 0 Å². The first-order valence-corrected chi connectivity index (χ1v) is 7.39. The molecule has 2 amide bonds. The largest absolute Gasteiger partial charge is 0.481 e. The maximum Gasteiger partial charge on any atom is 0.317 e. The lowest BCUT2D eigenvalue weighted by Crippen LogP contribution is -2.41. The van der Waals surface area contributed by atoms with E-state index in [1.165, 1.54) is 4.90 Å². The number of hydrogen-bond donors (Lipinski definition) is 2. The summed E-state index contributed by atoms with van der Waals surface area (Å²) < 4.78 is 0. The van der Waals surface area contributed by atoms with Crippen LogP contribution < -0.4 is 10.2 Å². The lowest BCUT2D eigenvalue weighted by molar-refractivity contribution is -0.141. The van der Waals surface area contributed by atoms with Crippen LogP contribution in [-0.4, -0.2) is 55.7 Å². The lowest BCUT2D eigenvalue weighted by atomic mass is 10.2. The first kappa shape index (κ1) is 17.8. The first-order chi connectivity index (χ1) is 10.4. The quantitative estimate of drug-likeness (QED) is 0.719. The Morgan fingerprint density at radius 3 is 2.45 bits per heavy atom. The Hall–Kier alpha value is -2.24. The Kier molecular flexibility index (Phi) is 7.22. The van der Waals surface area contributed by atoms with E-state index in [4.69, 9.17) is 5.11 Å². The molecule has 2 N–H and O–H groups in total. The zero-order valence-corrected chi connectivity index (χ0v) is 13.5. The highest BCUT2D eigenvalue weighted by Gasteiger charge is 2.16. The molecule has 0 aliphatic carbocycles. The lowest BCUT2D eigenvalue weighted by Gasteiger charge is -2.21. The van der Waals surface area contributed by atoms with Gasteiger partial charge in [0.25, 0.3) is 0 Å². The molecular weight excluding hydrogens is 282 g/mol. The molecule has 0 spiro atoms. The molecule has 0 saturated heterocycles. The summed E-state index contributed by atoms with van der Waals surface area (Å²) >= 11 is 0. The highest BCUT2D eigenvalue weighted by Crippen LogP contribution is 2.10. The van der Waals surface area contributed by atoms with Gasteiger partial charge < -0.3 is 20.2 Å². The van der Waals surface area contributed by atoms with Crippen LogP contribution in [0.15, 0.2) is 30.3 Å². The van der Waals surface area contributed by atoms with Gasteiger partial charge in [-0.2, -0.15) is 0 Å². The third kappa shape index (κ3) is 6.03. The SMILES string of the molecule is CC(CN(C)C(=O)NCCCN(C)c1ccccc1)C(=O)O. The molecule has 0 aliphatic heterocycles. The fourth-order valence-corrected chi connectivity index (χ4v) is 2.03. The van der Waals surface area contributed by atoms with Crippen LogP contribution in [0.3, 0.4) is 0 Å². The zero-order chi connectivity index (χ0) is 16.5. The maximum absolute atomic E-state index is 11.8. The number of benzene rings is 1. The van der Waals surface area contributed by atoms with Gasteiger partial charge in [-0.25, -0.2) is 4.79 Å². The van der Waals surface area contributed by atoms with Gasteiger partial charge in [0.2, 0.25) is 0 Å². The van der Waals surface area contributed by atoms with Crippen LogP contribution >= 0.6 is 0 Å². The van der Waals surface area contributed by atoms with Gasteiger partial charge in [-0.3, -0.25) is 4.79 Å². The van der Waals surface area contributed by atoms with Gasteiger partial charge in [-0.1, -0.05) is 25.1 Å². The fourth-order valence-electron chi connectivity index (χ4n) is 2.03. The van der Waals surface area contributed by atoms with Crippen LogP contribution in [0.5, 0.6) is 0 Å². The number of hydrogen-bond acceptors (Lipinski definition) is 3. The van der Waals surface area contributed by atoms with E-state index < -0.39 is 11.9 Å². The average Bonchev–Trinajstić information content (AvgIpc) is 2.51. The van der Waals surface area contributed by atoms with Crippen LogP contribution in [-0.2, 0) is 4.79 Å². The summed E-state index contributed by atoms with van der Waals surface area (Å²) in [5.74, 6) is -1.47. The summed E-state index contributed by atoms with van der Waals surface area (Å²) in [6.07, 6.45) is 0.819. The molecule has 6 nitrogen and oxygen atoms in total. The standard InChI is InChI=1S/C16H25N3O3/c1-13(15(20)21)12-19(3)16(22)17-10-7-11-18(2)14-8-5-4-6-9-14/h4-6,8-9,13H,7,10-12H2,1-3H3,(H,17,22)(H,20,21). The van der Waals surface area contributed by atoms with E-state index >= 15 is 0 Å². The van der Waals surface area contributed by atoms with Crippen molar-refractivity contribution in [2.45, 2.75) is 13.3 Å². The maximum atomic E-state index is 11.8. The van der Waals surface area contributed by atoms with Crippen molar-refractivity contribution in [1.29, 1.82) is 0 Å². The Labute approximate surface area is 131 Å². The molecule has 22 heavy (non-hydrogen) atoms. The third-order valence-corrected chi connectivity index (χ3v) is 3.46. The Balaban J connectivity index is 2.23. The van der Waals surface area contributed by atoms with Crippen molar-refractivity contribution in [2.75, 3.05) is 38.6 Å². The number of anilines is 1. The number of carboxylic acid groups (broad SMARTS) is 1. The number of nitrogens with one attached hydrogen (secondary N) is 1. The molecule has 0 bridgehead atoms. The molecule has 6 heteroatoms. The molecule has 122 valence electrons. The van der Waals surface area contributed by atoms with Crippen molar-refractivity contribution in [3.05, 3.63) is 30.3 Å². The van der Waals surface area contributed by atoms with E-state index in [0.29, 0.717) is 6.54 Å². The molecule has 0 fully saturated rings. The summed E-state index contributed by atoms with van der Waals surface area (Å²) in [5.41, 5.74) is 1.14. The van der Waals surface area contributed by atoms with E-state index in [9.17, 15) is 9.59 Å². The molecule has 0 aromatic heterocycles. The zero-order valence-electron chi connectivity index (χ0n) is 13.5. The van der Waals surface area contributed by atoms with Crippen molar-refractivity contribution >= 4 is 17.7 Å². The van der Waals surface area contributed by atoms with Gasteiger partial charge >= 0.3 is 12.0 Å². The van der Waals surface area contributed by atoms with Crippen LogP contribution in [0.25, 0.3) is 0 Å². The predicted octanol–water partition coefficient (Wildman–Crippen LogP) is 1.87. The van der Waals surface area contributed by atoms with Crippen LogP contribution in [0.2, 0.25) is 0 Å². The molecular formula is C16H25N3O3. The third-order valence-electron chi connectivity index (χ3n) is 3.46. The minimum Gasteiger partial charge on any atom is -0.481 e. The van der Waals surface area contributed by atoms with Crippen LogP contribution in [0, 0.1) is 5.92 Å². The Morgan fingerprint density at radius 2 is 1.86 bits per heavy atom. The van der Waals surface area contributed by atoms with Gasteiger partial charge in [0, 0.05) is 39.4 Å². The molecule has 0 saturated carbocycles. The molecule has 1 aromatic carbocycles. The number of para-hydroxylation sites is 1. The predicted molar refractivity (Wildman–Crippen MR) is 87.2 cm³/mol. The number of rotatable bonds is 8. The van der Waals surface area contributed by atoms with Crippen LogP contribution in [0.4, 0.5) is 10.5 Å². The van der Waals surface area contributed by atoms with E-state index in [0.717, 1.165) is 18.7 Å². The Bertz CT molecular complexity index is 479. The number of carboxylic acids is 1. The number of urea groups is 1. The summed E-state index contributed by atoms with van der Waals surface area (Å²) in [4.78, 5) is 26.1. The molecule has 1 unspecified atom stereocenters. The number of carbonyl (C=O) groups excluding carboxylic acids is 1. The summed E-state index contributed by atoms with van der Waals surface area (Å²) in [7, 11) is 3.61. The summed E-state index contributed by atoms with van der Waals surface area (Å²) in [6, 6.07) is 9.80. The molecule has 1 rings (SSSR count). The second-order valence-electron chi connectivity index (χ2n) is 5.46. The van der Waals surface area contributed by atoms with Crippen molar-refractivity contribution < 1.29 is 14.7 Å². The van der Waals surface area contributed by atoms with Gasteiger partial charge in [-0.15, -0.1) is 0 Å². The Morgan fingerprint density at radius 1 is 1.23 bits per heavy atom. The molecule has 0 aliphatic rings. The highest BCUT2D eigenvalue weighted by atomic mass is 16.4. The summed E-state index contributed by atoms with van der Waals surface area (Å²) in [5, 5.41) is 11.6. The first-order valence-electron chi connectivity index (χ1n) is 7.39. The molecule has 0 radical (unpaired) electrons. The van der Waals surface area contributed by atoms with Gasteiger partial charge in [0.1, 0.15) is 0 Å². The normalized spacial score (nSPS) is 11.6. The minimum atomic E-state index is -0.899. The van der Waals surface area contributed by atoms with Crippen LogP contribution in [0.1, 0.15) is 13.3 Å². The second-order valence-corrected chi connectivity index (χ2v) is 5.46. The van der Waals surface area contributed by atoms with Gasteiger partial charge in [-0.05, 0) is 18.6 Å². The van der Waals surface area contributed by atoms with E-state index in [1.807, 2.05) is 37.4 Å².